The van der Waals surface area contributed by atoms with Gasteiger partial charge in [0.05, 0.1) is 23.4 Å². The smallest absolute Gasteiger partial charge is 0.289 e. The lowest BCUT2D eigenvalue weighted by atomic mass is 10.1. The van der Waals surface area contributed by atoms with Crippen molar-refractivity contribution in [3.8, 4) is 11.5 Å². The molecule has 7 heteroatoms. The molecule has 0 atom stereocenters. The van der Waals surface area contributed by atoms with Crippen molar-refractivity contribution in [2.45, 2.75) is 52.7 Å². The highest BCUT2D eigenvalue weighted by molar-refractivity contribution is 6.32. The number of hydrogen-bond acceptors (Lipinski definition) is 4. The lowest BCUT2D eigenvalue weighted by molar-refractivity contribution is 0.291. The highest BCUT2D eigenvalue weighted by Crippen LogP contribution is 2.26. The minimum atomic E-state index is -0.462. The summed E-state index contributed by atoms with van der Waals surface area (Å²) < 4.78 is 12.6. The lowest BCUT2D eigenvalue weighted by Crippen LogP contribution is -2.36. The van der Waals surface area contributed by atoms with Crippen molar-refractivity contribution >= 4 is 23.2 Å². The molecule has 2 aromatic rings. The summed E-state index contributed by atoms with van der Waals surface area (Å²) >= 11 is 12.4. The molecule has 0 saturated heterocycles. The van der Waals surface area contributed by atoms with Crippen LogP contribution in [-0.4, -0.2) is 16.4 Å². The first-order valence-corrected chi connectivity index (χ1v) is 9.32. The standard InChI is InChI=1S/C19H24Cl2N2O3/c1-5-6-9-25-14-8-7-13(15(20)10-14)12-26-16-11-22-23(19(2,3)4)18(24)17(16)21/h7-8,10-11H,5-6,9,12H2,1-4H3. The molecule has 0 N–H and O–H groups in total. The molecule has 0 bridgehead atoms. The second-order valence-corrected chi connectivity index (χ2v) is 7.74. The van der Waals surface area contributed by atoms with E-state index in [2.05, 4.69) is 12.0 Å². The van der Waals surface area contributed by atoms with E-state index >= 15 is 0 Å². The van der Waals surface area contributed by atoms with Crippen molar-refractivity contribution in [2.24, 2.45) is 0 Å². The molecule has 0 radical (unpaired) electrons. The van der Waals surface area contributed by atoms with Crippen LogP contribution in [0.25, 0.3) is 0 Å². The van der Waals surface area contributed by atoms with E-state index in [1.54, 1.807) is 6.07 Å². The Morgan fingerprint density at radius 3 is 2.54 bits per heavy atom. The van der Waals surface area contributed by atoms with Gasteiger partial charge in [-0.25, -0.2) is 4.68 Å². The second-order valence-electron chi connectivity index (χ2n) is 6.95. The normalized spacial score (nSPS) is 11.5. The summed E-state index contributed by atoms with van der Waals surface area (Å²) in [7, 11) is 0. The van der Waals surface area contributed by atoms with Gasteiger partial charge in [-0.05, 0) is 39.3 Å². The minimum Gasteiger partial charge on any atom is -0.494 e. The van der Waals surface area contributed by atoms with Crippen LogP contribution < -0.4 is 15.0 Å². The number of aromatic nitrogens is 2. The summed E-state index contributed by atoms with van der Waals surface area (Å²) in [6.45, 7) is 8.57. The number of halogens is 2. The Morgan fingerprint density at radius 2 is 1.92 bits per heavy atom. The van der Waals surface area contributed by atoms with Crippen LogP contribution in [0.4, 0.5) is 0 Å². The fraction of sp³-hybridized carbons (Fsp3) is 0.474. The van der Waals surface area contributed by atoms with Crippen LogP contribution in [0.5, 0.6) is 11.5 Å². The number of rotatable bonds is 7. The van der Waals surface area contributed by atoms with Crippen LogP contribution in [0, 0.1) is 0 Å². The van der Waals surface area contributed by atoms with Crippen LogP contribution in [0.3, 0.4) is 0 Å². The molecule has 1 heterocycles. The molecule has 1 aromatic carbocycles. The lowest BCUT2D eigenvalue weighted by Gasteiger charge is -2.21. The van der Waals surface area contributed by atoms with Crippen molar-refractivity contribution in [3.05, 3.63) is 50.4 Å². The average molecular weight is 399 g/mol. The average Bonchev–Trinajstić information content (AvgIpc) is 2.56. The van der Waals surface area contributed by atoms with E-state index in [4.69, 9.17) is 32.7 Å². The molecule has 0 aliphatic carbocycles. The van der Waals surface area contributed by atoms with E-state index in [0.717, 1.165) is 24.2 Å². The van der Waals surface area contributed by atoms with Gasteiger partial charge in [0.25, 0.3) is 5.56 Å². The van der Waals surface area contributed by atoms with Crippen molar-refractivity contribution in [1.29, 1.82) is 0 Å². The first-order valence-electron chi connectivity index (χ1n) is 8.56. The minimum absolute atomic E-state index is 0.00515. The number of ether oxygens (including phenoxy) is 2. The van der Waals surface area contributed by atoms with Gasteiger partial charge >= 0.3 is 0 Å². The molecule has 0 unspecified atom stereocenters. The molecular weight excluding hydrogens is 375 g/mol. The molecule has 142 valence electrons. The molecule has 0 fully saturated rings. The zero-order chi connectivity index (χ0) is 19.3. The van der Waals surface area contributed by atoms with Crippen LogP contribution in [0.1, 0.15) is 46.1 Å². The fourth-order valence-electron chi connectivity index (χ4n) is 2.22. The summed E-state index contributed by atoms with van der Waals surface area (Å²) in [5, 5.41) is 4.68. The Morgan fingerprint density at radius 1 is 1.19 bits per heavy atom. The van der Waals surface area contributed by atoms with E-state index in [0.29, 0.717) is 11.6 Å². The van der Waals surface area contributed by atoms with Crippen molar-refractivity contribution in [2.75, 3.05) is 6.61 Å². The Balaban J connectivity index is 2.09. The molecule has 26 heavy (non-hydrogen) atoms. The van der Waals surface area contributed by atoms with Gasteiger partial charge in [-0.1, -0.05) is 42.6 Å². The summed E-state index contributed by atoms with van der Waals surface area (Å²) in [4.78, 5) is 12.3. The molecular formula is C19H24Cl2N2O3. The first-order chi connectivity index (χ1) is 12.2. The predicted octanol–water partition coefficient (Wildman–Crippen LogP) is 5.06. The molecule has 2 rings (SSSR count). The van der Waals surface area contributed by atoms with Crippen LogP contribution in [-0.2, 0) is 12.1 Å². The third-order valence-corrected chi connectivity index (χ3v) is 4.40. The SMILES string of the molecule is CCCCOc1ccc(COc2cnn(C(C)(C)C)c(=O)c2Cl)c(Cl)c1. The molecule has 0 spiro atoms. The van der Waals surface area contributed by atoms with Crippen molar-refractivity contribution in [3.63, 3.8) is 0 Å². The monoisotopic (exact) mass is 398 g/mol. The van der Waals surface area contributed by atoms with Gasteiger partial charge in [0.2, 0.25) is 0 Å². The summed E-state index contributed by atoms with van der Waals surface area (Å²) in [6.07, 6.45) is 3.52. The van der Waals surface area contributed by atoms with E-state index in [9.17, 15) is 4.79 Å². The number of unbranched alkanes of at least 4 members (excludes halogenated alkanes) is 1. The van der Waals surface area contributed by atoms with Gasteiger partial charge < -0.3 is 9.47 Å². The third-order valence-electron chi connectivity index (χ3n) is 3.70. The number of hydrogen-bond donors (Lipinski definition) is 0. The molecule has 5 nitrogen and oxygen atoms in total. The van der Waals surface area contributed by atoms with Gasteiger partial charge in [0.15, 0.2) is 10.8 Å². The number of nitrogens with zero attached hydrogens (tertiary/aromatic N) is 2. The van der Waals surface area contributed by atoms with Crippen LogP contribution >= 0.6 is 23.2 Å². The quantitative estimate of drug-likeness (QED) is 0.611. The highest BCUT2D eigenvalue weighted by Gasteiger charge is 2.20. The van der Waals surface area contributed by atoms with Gasteiger partial charge in [0, 0.05) is 5.56 Å². The molecule has 0 aliphatic heterocycles. The first kappa shape index (κ1) is 20.6. The fourth-order valence-corrected chi connectivity index (χ4v) is 2.63. The van der Waals surface area contributed by atoms with Gasteiger partial charge in [-0.3, -0.25) is 4.79 Å². The molecule has 1 aromatic heterocycles. The maximum absolute atomic E-state index is 12.3. The molecule has 0 amide bonds. The van der Waals surface area contributed by atoms with E-state index in [1.165, 1.54) is 10.9 Å². The second kappa shape index (κ2) is 8.78. The predicted molar refractivity (Wildman–Crippen MR) is 105 cm³/mol. The third kappa shape index (κ3) is 5.15. The van der Waals surface area contributed by atoms with Crippen LogP contribution in [0.2, 0.25) is 10.0 Å². The Kier molecular flexibility index (Phi) is 6.95. The highest BCUT2D eigenvalue weighted by atomic mass is 35.5. The van der Waals surface area contributed by atoms with Crippen molar-refractivity contribution < 1.29 is 9.47 Å². The molecule has 0 saturated carbocycles. The summed E-state index contributed by atoms with van der Waals surface area (Å²) in [6, 6.07) is 5.44. The Labute approximate surface area is 163 Å². The summed E-state index contributed by atoms with van der Waals surface area (Å²) in [5.41, 5.74) is -0.0797. The van der Waals surface area contributed by atoms with E-state index in [-0.39, 0.29) is 22.9 Å². The van der Waals surface area contributed by atoms with Gasteiger partial charge in [-0.15, -0.1) is 0 Å². The van der Waals surface area contributed by atoms with Crippen molar-refractivity contribution in [1.82, 2.24) is 9.78 Å². The Hall–Kier alpha value is -1.72. The largest absolute Gasteiger partial charge is 0.494 e. The maximum Gasteiger partial charge on any atom is 0.289 e. The zero-order valence-electron chi connectivity index (χ0n) is 15.5. The maximum atomic E-state index is 12.3. The van der Waals surface area contributed by atoms with E-state index in [1.807, 2.05) is 32.9 Å². The van der Waals surface area contributed by atoms with Gasteiger partial charge in [-0.2, -0.15) is 5.10 Å². The van der Waals surface area contributed by atoms with Crippen LogP contribution in [0.15, 0.2) is 29.2 Å². The number of benzene rings is 1. The topological polar surface area (TPSA) is 53.4 Å². The van der Waals surface area contributed by atoms with Gasteiger partial charge in [0.1, 0.15) is 12.4 Å². The zero-order valence-corrected chi connectivity index (χ0v) is 17.0. The Bertz CT molecular complexity index is 813. The van der Waals surface area contributed by atoms with E-state index < -0.39 is 5.54 Å². The summed E-state index contributed by atoms with van der Waals surface area (Å²) in [5.74, 6) is 0.955. The molecule has 0 aliphatic rings.